The molecular weight excluding hydrogens is 306 g/mol. The summed E-state index contributed by atoms with van der Waals surface area (Å²) in [7, 11) is 1.62. The molecule has 0 saturated carbocycles. The van der Waals surface area contributed by atoms with Crippen LogP contribution in [0.25, 0.3) is 0 Å². The van der Waals surface area contributed by atoms with Gasteiger partial charge in [0, 0.05) is 34.4 Å². The summed E-state index contributed by atoms with van der Waals surface area (Å²) in [5, 5.41) is 8.83. The Kier molecular flexibility index (Phi) is 6.11. The van der Waals surface area contributed by atoms with Crippen LogP contribution in [0.5, 0.6) is 0 Å². The lowest BCUT2D eigenvalue weighted by Crippen LogP contribution is -2.31. The molecule has 1 N–H and O–H groups in total. The Labute approximate surface area is 113 Å². The van der Waals surface area contributed by atoms with Gasteiger partial charge in [0.05, 0.1) is 13.2 Å². The molecule has 1 rings (SSSR count). The van der Waals surface area contributed by atoms with E-state index in [1.54, 1.807) is 18.4 Å². The Balaban J connectivity index is 2.60. The van der Waals surface area contributed by atoms with E-state index < -0.39 is 5.97 Å². The zero-order valence-corrected chi connectivity index (χ0v) is 12.3. The summed E-state index contributed by atoms with van der Waals surface area (Å²) < 4.78 is 6.06. The average Bonchev–Trinajstić information content (AvgIpc) is 2.54. The van der Waals surface area contributed by atoms with Crippen molar-refractivity contribution in [2.45, 2.75) is 13.5 Å². The second kappa shape index (κ2) is 7.10. The minimum Gasteiger partial charge on any atom is -0.480 e. The van der Waals surface area contributed by atoms with Gasteiger partial charge in [0.1, 0.15) is 0 Å². The number of nitrogens with zero attached hydrogens (tertiary/aromatic N) is 1. The Hall–Kier alpha value is -0.430. The number of carboxylic acid groups (broad SMARTS) is 1. The molecule has 0 spiro atoms. The van der Waals surface area contributed by atoms with Crippen LogP contribution in [0.15, 0.2) is 10.5 Å². The number of aliphatic carboxylic acids is 1. The molecule has 0 aromatic carbocycles. The Morgan fingerprint density at radius 1 is 1.65 bits per heavy atom. The molecule has 6 heteroatoms. The highest BCUT2D eigenvalue weighted by molar-refractivity contribution is 9.10. The molecule has 0 aliphatic carbocycles. The van der Waals surface area contributed by atoms with Crippen LogP contribution in [0.1, 0.15) is 9.75 Å². The Morgan fingerprint density at radius 2 is 2.35 bits per heavy atom. The number of ether oxygens (including phenoxy) is 1. The van der Waals surface area contributed by atoms with Gasteiger partial charge in [-0.3, -0.25) is 9.69 Å². The quantitative estimate of drug-likeness (QED) is 0.837. The minimum absolute atomic E-state index is 0.0396. The number of hydrogen-bond donors (Lipinski definition) is 1. The maximum absolute atomic E-state index is 10.7. The number of carbonyl (C=O) groups is 1. The number of thiophene rings is 1. The Bertz CT molecular complexity index is 361. The van der Waals surface area contributed by atoms with Crippen molar-refractivity contribution in [1.82, 2.24) is 4.90 Å². The zero-order valence-electron chi connectivity index (χ0n) is 9.90. The third kappa shape index (κ3) is 5.16. The molecule has 4 nitrogen and oxygen atoms in total. The lowest BCUT2D eigenvalue weighted by molar-refractivity contribution is -0.138. The van der Waals surface area contributed by atoms with Crippen molar-refractivity contribution in [3.05, 3.63) is 20.3 Å². The molecule has 1 aromatic heterocycles. The van der Waals surface area contributed by atoms with Crippen molar-refractivity contribution in [1.29, 1.82) is 0 Å². The molecule has 0 atom stereocenters. The molecule has 0 aliphatic rings. The van der Waals surface area contributed by atoms with Crippen LogP contribution in [-0.4, -0.2) is 42.8 Å². The van der Waals surface area contributed by atoms with Gasteiger partial charge >= 0.3 is 5.97 Å². The van der Waals surface area contributed by atoms with Crippen molar-refractivity contribution in [3.63, 3.8) is 0 Å². The molecular formula is C11H16BrNO3S. The highest BCUT2D eigenvalue weighted by atomic mass is 79.9. The monoisotopic (exact) mass is 321 g/mol. The van der Waals surface area contributed by atoms with Crippen molar-refractivity contribution in [2.24, 2.45) is 0 Å². The van der Waals surface area contributed by atoms with Gasteiger partial charge in [0.15, 0.2) is 0 Å². The second-order valence-corrected chi connectivity index (χ2v) is 5.91. The number of aryl methyl sites for hydroxylation is 1. The summed E-state index contributed by atoms with van der Waals surface area (Å²) in [5.41, 5.74) is 0. The van der Waals surface area contributed by atoms with Crippen LogP contribution in [0.3, 0.4) is 0 Å². The third-order valence-corrected chi connectivity index (χ3v) is 4.38. The van der Waals surface area contributed by atoms with E-state index in [-0.39, 0.29) is 6.54 Å². The summed E-state index contributed by atoms with van der Waals surface area (Å²) >= 11 is 5.14. The fourth-order valence-corrected chi connectivity index (χ4v) is 3.09. The summed E-state index contributed by atoms with van der Waals surface area (Å²) in [5.74, 6) is -0.812. The van der Waals surface area contributed by atoms with Gasteiger partial charge in [0.25, 0.3) is 0 Å². The van der Waals surface area contributed by atoms with E-state index in [9.17, 15) is 4.79 Å². The molecule has 0 aliphatic heterocycles. The Morgan fingerprint density at radius 3 is 2.82 bits per heavy atom. The fourth-order valence-electron chi connectivity index (χ4n) is 1.44. The van der Waals surface area contributed by atoms with Gasteiger partial charge in [-0.2, -0.15) is 0 Å². The maximum Gasteiger partial charge on any atom is 0.317 e. The first kappa shape index (κ1) is 14.6. The molecule has 0 unspecified atom stereocenters. The van der Waals surface area contributed by atoms with Crippen LogP contribution in [-0.2, 0) is 16.1 Å². The smallest absolute Gasteiger partial charge is 0.317 e. The van der Waals surface area contributed by atoms with Gasteiger partial charge in [-0.1, -0.05) is 0 Å². The van der Waals surface area contributed by atoms with Crippen LogP contribution >= 0.6 is 27.3 Å². The topological polar surface area (TPSA) is 49.8 Å². The highest BCUT2D eigenvalue weighted by Crippen LogP contribution is 2.27. The average molecular weight is 322 g/mol. The van der Waals surface area contributed by atoms with Crippen LogP contribution in [0, 0.1) is 6.92 Å². The zero-order chi connectivity index (χ0) is 12.8. The van der Waals surface area contributed by atoms with Gasteiger partial charge in [-0.25, -0.2) is 0 Å². The predicted molar refractivity (Wildman–Crippen MR) is 71.5 cm³/mol. The first-order valence-electron chi connectivity index (χ1n) is 5.21. The van der Waals surface area contributed by atoms with E-state index in [0.717, 1.165) is 9.35 Å². The SMILES string of the molecule is COCCN(CC(=O)O)Cc1cc(Br)c(C)s1. The maximum atomic E-state index is 10.7. The number of carboxylic acids is 1. The first-order chi connectivity index (χ1) is 8.02. The fraction of sp³-hybridized carbons (Fsp3) is 0.545. The molecule has 1 heterocycles. The minimum atomic E-state index is -0.812. The molecule has 96 valence electrons. The molecule has 0 amide bonds. The van der Waals surface area contributed by atoms with Gasteiger partial charge in [0.2, 0.25) is 0 Å². The van der Waals surface area contributed by atoms with Crippen LogP contribution in [0.4, 0.5) is 0 Å². The lowest BCUT2D eigenvalue weighted by Gasteiger charge is -2.18. The second-order valence-electron chi connectivity index (χ2n) is 3.71. The van der Waals surface area contributed by atoms with E-state index in [1.165, 1.54) is 4.88 Å². The van der Waals surface area contributed by atoms with E-state index in [2.05, 4.69) is 15.9 Å². The number of methoxy groups -OCH3 is 1. The molecule has 1 aromatic rings. The molecule has 0 fully saturated rings. The van der Waals surface area contributed by atoms with Gasteiger partial charge in [-0.15, -0.1) is 11.3 Å². The molecule has 0 radical (unpaired) electrons. The molecule has 17 heavy (non-hydrogen) atoms. The van der Waals surface area contributed by atoms with Crippen molar-refractivity contribution in [3.8, 4) is 0 Å². The van der Waals surface area contributed by atoms with E-state index in [1.807, 2.05) is 17.9 Å². The highest BCUT2D eigenvalue weighted by Gasteiger charge is 2.12. The number of rotatable bonds is 7. The molecule has 0 bridgehead atoms. The summed E-state index contributed by atoms with van der Waals surface area (Å²) in [6, 6.07) is 2.04. The standard InChI is InChI=1S/C11H16BrNO3S/c1-8-10(12)5-9(17-8)6-13(3-4-16-2)7-11(14)15/h5H,3-4,6-7H2,1-2H3,(H,14,15). The lowest BCUT2D eigenvalue weighted by atomic mass is 10.4. The number of halogens is 1. The summed E-state index contributed by atoms with van der Waals surface area (Å²) in [6.07, 6.45) is 0. The van der Waals surface area contributed by atoms with Crippen molar-refractivity contribution < 1.29 is 14.6 Å². The van der Waals surface area contributed by atoms with E-state index in [4.69, 9.17) is 9.84 Å². The normalized spacial score (nSPS) is 11.1. The predicted octanol–water partition coefficient (Wildman–Crippen LogP) is 2.35. The van der Waals surface area contributed by atoms with E-state index in [0.29, 0.717) is 19.7 Å². The van der Waals surface area contributed by atoms with Crippen molar-refractivity contribution >= 4 is 33.2 Å². The summed E-state index contributed by atoms with van der Waals surface area (Å²) in [4.78, 5) is 15.0. The third-order valence-electron chi connectivity index (χ3n) is 2.26. The largest absolute Gasteiger partial charge is 0.480 e. The molecule has 0 saturated heterocycles. The van der Waals surface area contributed by atoms with E-state index >= 15 is 0 Å². The van der Waals surface area contributed by atoms with Crippen LogP contribution < -0.4 is 0 Å². The number of hydrogen-bond acceptors (Lipinski definition) is 4. The van der Waals surface area contributed by atoms with Gasteiger partial charge < -0.3 is 9.84 Å². The van der Waals surface area contributed by atoms with Crippen LogP contribution in [0.2, 0.25) is 0 Å². The van der Waals surface area contributed by atoms with Crippen molar-refractivity contribution in [2.75, 3.05) is 26.8 Å². The summed E-state index contributed by atoms with van der Waals surface area (Å²) in [6.45, 7) is 3.88. The van der Waals surface area contributed by atoms with Gasteiger partial charge in [-0.05, 0) is 28.9 Å². The first-order valence-corrected chi connectivity index (χ1v) is 6.81.